The molecule has 20 heavy (non-hydrogen) atoms. The maximum Gasteiger partial charge on any atom is 0.267 e. The zero-order chi connectivity index (χ0) is 14.5. The third-order valence-electron chi connectivity index (χ3n) is 2.37. The van der Waals surface area contributed by atoms with Crippen LogP contribution in [0.3, 0.4) is 0 Å². The van der Waals surface area contributed by atoms with Gasteiger partial charge in [-0.25, -0.2) is 9.37 Å². The highest BCUT2D eigenvalue weighted by Gasteiger charge is 2.10. The fourth-order valence-corrected chi connectivity index (χ4v) is 2.16. The predicted molar refractivity (Wildman–Crippen MR) is 75.2 cm³/mol. The second-order valence-electron chi connectivity index (χ2n) is 3.85. The molecule has 0 atom stereocenters. The predicted octanol–water partition coefficient (Wildman–Crippen LogP) is 2.19. The van der Waals surface area contributed by atoms with E-state index in [0.29, 0.717) is 10.6 Å². The molecule has 0 spiro atoms. The summed E-state index contributed by atoms with van der Waals surface area (Å²) >= 11 is 1.27. The standard InChI is InChI=1S/C14H11FN2O2S/c1-9-16-8-13(20-9)14(19)17-11-5-4-10(3-2-6-18)12(15)7-11/h4-5,7-8,18H,6H2,1H3,(H,17,19). The molecule has 0 saturated heterocycles. The van der Waals surface area contributed by atoms with Gasteiger partial charge in [0.05, 0.1) is 16.8 Å². The number of aliphatic hydroxyl groups is 1. The van der Waals surface area contributed by atoms with Crippen molar-refractivity contribution in [2.24, 2.45) is 0 Å². The van der Waals surface area contributed by atoms with E-state index in [9.17, 15) is 9.18 Å². The highest BCUT2D eigenvalue weighted by atomic mass is 32.1. The minimum Gasteiger partial charge on any atom is -0.384 e. The number of aryl methyl sites for hydroxylation is 1. The van der Waals surface area contributed by atoms with Crippen LogP contribution in [0, 0.1) is 24.6 Å². The summed E-state index contributed by atoms with van der Waals surface area (Å²) in [4.78, 5) is 16.3. The molecular formula is C14H11FN2O2S. The van der Waals surface area contributed by atoms with Crippen molar-refractivity contribution in [1.29, 1.82) is 0 Å². The summed E-state index contributed by atoms with van der Waals surface area (Å²) < 4.78 is 13.7. The number of aliphatic hydroxyl groups excluding tert-OH is 1. The number of hydrogen-bond donors (Lipinski definition) is 2. The molecule has 4 nitrogen and oxygen atoms in total. The van der Waals surface area contributed by atoms with Gasteiger partial charge in [0.25, 0.3) is 5.91 Å². The molecule has 0 aliphatic carbocycles. The Bertz CT molecular complexity index is 701. The molecule has 2 rings (SSSR count). The summed E-state index contributed by atoms with van der Waals surface area (Å²) in [5.41, 5.74) is 0.513. The van der Waals surface area contributed by atoms with Crippen molar-refractivity contribution in [3.63, 3.8) is 0 Å². The smallest absolute Gasteiger partial charge is 0.267 e. The number of aromatic nitrogens is 1. The molecule has 1 heterocycles. The van der Waals surface area contributed by atoms with Crippen molar-refractivity contribution in [3.05, 3.63) is 45.7 Å². The number of nitrogens with zero attached hydrogens (tertiary/aromatic N) is 1. The Morgan fingerprint density at radius 2 is 2.35 bits per heavy atom. The maximum absolute atomic E-state index is 13.7. The van der Waals surface area contributed by atoms with Gasteiger partial charge >= 0.3 is 0 Å². The number of thiazole rings is 1. The van der Waals surface area contributed by atoms with Gasteiger partial charge in [0, 0.05) is 5.69 Å². The third kappa shape index (κ3) is 3.41. The molecule has 0 saturated carbocycles. The quantitative estimate of drug-likeness (QED) is 0.833. The Morgan fingerprint density at radius 3 is 2.95 bits per heavy atom. The van der Waals surface area contributed by atoms with E-state index in [4.69, 9.17) is 5.11 Å². The summed E-state index contributed by atoms with van der Waals surface area (Å²) in [6.07, 6.45) is 1.48. The summed E-state index contributed by atoms with van der Waals surface area (Å²) in [6.45, 7) is 1.47. The fourth-order valence-electron chi connectivity index (χ4n) is 1.49. The SMILES string of the molecule is Cc1ncc(C(=O)Nc2ccc(C#CCO)c(F)c2)s1. The van der Waals surface area contributed by atoms with E-state index in [0.717, 1.165) is 5.01 Å². The fraction of sp³-hybridized carbons (Fsp3) is 0.143. The molecule has 102 valence electrons. The van der Waals surface area contributed by atoms with E-state index in [1.165, 1.54) is 29.7 Å². The van der Waals surface area contributed by atoms with Crippen molar-refractivity contribution in [3.8, 4) is 11.8 Å². The lowest BCUT2D eigenvalue weighted by Crippen LogP contribution is -2.10. The number of benzene rings is 1. The first-order valence-corrected chi connectivity index (χ1v) is 6.55. The van der Waals surface area contributed by atoms with Gasteiger partial charge in [-0.3, -0.25) is 4.79 Å². The van der Waals surface area contributed by atoms with Gasteiger partial charge in [-0.2, -0.15) is 0 Å². The van der Waals surface area contributed by atoms with E-state index in [1.807, 2.05) is 0 Å². The van der Waals surface area contributed by atoms with Crippen molar-refractivity contribution < 1.29 is 14.3 Å². The lowest BCUT2D eigenvalue weighted by molar-refractivity contribution is 0.103. The molecule has 0 unspecified atom stereocenters. The van der Waals surface area contributed by atoms with E-state index in [-0.39, 0.29) is 18.1 Å². The molecular weight excluding hydrogens is 279 g/mol. The average molecular weight is 290 g/mol. The van der Waals surface area contributed by atoms with E-state index in [1.54, 1.807) is 13.0 Å². The van der Waals surface area contributed by atoms with Crippen LogP contribution in [0.1, 0.15) is 20.2 Å². The summed E-state index contributed by atoms with van der Waals surface area (Å²) in [7, 11) is 0. The third-order valence-corrected chi connectivity index (χ3v) is 3.29. The monoisotopic (exact) mass is 290 g/mol. The second kappa shape index (κ2) is 6.28. The van der Waals surface area contributed by atoms with Gasteiger partial charge in [-0.1, -0.05) is 11.8 Å². The number of carbonyl (C=O) groups is 1. The molecule has 0 bridgehead atoms. The van der Waals surface area contributed by atoms with Crippen LogP contribution in [0.25, 0.3) is 0 Å². The van der Waals surface area contributed by atoms with Crippen LogP contribution < -0.4 is 5.32 Å². The molecule has 1 aromatic heterocycles. The van der Waals surface area contributed by atoms with E-state index < -0.39 is 5.82 Å². The summed E-state index contributed by atoms with van der Waals surface area (Å²) in [5.74, 6) is 3.97. The first-order valence-electron chi connectivity index (χ1n) is 5.73. The van der Waals surface area contributed by atoms with Crippen molar-refractivity contribution in [2.45, 2.75) is 6.92 Å². The maximum atomic E-state index is 13.7. The summed E-state index contributed by atoms with van der Waals surface area (Å²) in [6, 6.07) is 4.19. The highest BCUT2D eigenvalue weighted by molar-refractivity contribution is 7.13. The molecule has 2 aromatic rings. The Kier molecular flexibility index (Phi) is 4.45. The van der Waals surface area contributed by atoms with E-state index >= 15 is 0 Å². The van der Waals surface area contributed by atoms with Gasteiger partial charge in [0.2, 0.25) is 0 Å². The van der Waals surface area contributed by atoms with Crippen LogP contribution in [-0.2, 0) is 0 Å². The number of carbonyl (C=O) groups excluding carboxylic acids is 1. The zero-order valence-electron chi connectivity index (χ0n) is 10.6. The normalized spacial score (nSPS) is 9.75. The van der Waals surface area contributed by atoms with Crippen LogP contribution in [-0.4, -0.2) is 22.6 Å². The lowest BCUT2D eigenvalue weighted by atomic mass is 10.2. The van der Waals surface area contributed by atoms with Crippen LogP contribution in [0.5, 0.6) is 0 Å². The first kappa shape index (κ1) is 14.2. The molecule has 1 amide bonds. The molecule has 6 heteroatoms. The highest BCUT2D eigenvalue weighted by Crippen LogP contribution is 2.17. The number of hydrogen-bond acceptors (Lipinski definition) is 4. The molecule has 2 N–H and O–H groups in total. The van der Waals surface area contributed by atoms with Crippen molar-refractivity contribution in [1.82, 2.24) is 4.98 Å². The number of anilines is 1. The van der Waals surface area contributed by atoms with Crippen molar-refractivity contribution in [2.75, 3.05) is 11.9 Å². The molecule has 0 aliphatic rings. The number of rotatable bonds is 2. The lowest BCUT2D eigenvalue weighted by Gasteiger charge is -2.04. The average Bonchev–Trinajstić information content (AvgIpc) is 2.85. The number of amides is 1. The molecule has 0 aliphatic heterocycles. The Balaban J connectivity index is 2.14. The molecule has 0 fully saturated rings. The van der Waals surface area contributed by atoms with Gasteiger partial charge < -0.3 is 10.4 Å². The van der Waals surface area contributed by atoms with Crippen LogP contribution in [0.4, 0.5) is 10.1 Å². The van der Waals surface area contributed by atoms with Crippen LogP contribution >= 0.6 is 11.3 Å². The summed E-state index contributed by atoms with van der Waals surface area (Å²) in [5, 5.41) is 11.9. The first-order chi connectivity index (χ1) is 9.60. The van der Waals surface area contributed by atoms with Gasteiger partial charge in [0.1, 0.15) is 17.3 Å². The second-order valence-corrected chi connectivity index (χ2v) is 5.09. The molecule has 1 aromatic carbocycles. The van der Waals surface area contributed by atoms with E-state index in [2.05, 4.69) is 22.1 Å². The Hall–Kier alpha value is -2.23. The van der Waals surface area contributed by atoms with Crippen molar-refractivity contribution >= 4 is 22.9 Å². The number of halogens is 1. The zero-order valence-corrected chi connectivity index (χ0v) is 11.4. The van der Waals surface area contributed by atoms with Gasteiger partial charge in [0.15, 0.2) is 0 Å². The largest absolute Gasteiger partial charge is 0.384 e. The van der Waals surface area contributed by atoms with Gasteiger partial charge in [-0.05, 0) is 25.1 Å². The van der Waals surface area contributed by atoms with Gasteiger partial charge in [-0.15, -0.1) is 11.3 Å². The topological polar surface area (TPSA) is 62.2 Å². The minimum absolute atomic E-state index is 0.172. The van der Waals surface area contributed by atoms with Crippen LogP contribution in [0.2, 0.25) is 0 Å². The molecule has 0 radical (unpaired) electrons. The Labute approximate surface area is 119 Å². The minimum atomic E-state index is -0.552. The number of nitrogens with one attached hydrogen (secondary N) is 1. The van der Waals surface area contributed by atoms with Crippen LogP contribution in [0.15, 0.2) is 24.4 Å². The Morgan fingerprint density at radius 1 is 1.55 bits per heavy atom.